The van der Waals surface area contributed by atoms with Crippen molar-refractivity contribution in [3.8, 4) is 0 Å². The summed E-state index contributed by atoms with van der Waals surface area (Å²) < 4.78 is 0. The maximum atomic E-state index is 13.4. The number of hydrogen-bond acceptors (Lipinski definition) is 3. The molecule has 1 aliphatic heterocycles. The second-order valence-electron chi connectivity index (χ2n) is 7.43. The van der Waals surface area contributed by atoms with Gasteiger partial charge in [0.1, 0.15) is 5.54 Å². The van der Waals surface area contributed by atoms with Crippen molar-refractivity contribution in [1.82, 2.24) is 15.5 Å². The number of benzene rings is 1. The summed E-state index contributed by atoms with van der Waals surface area (Å²) >= 11 is 1.77. The Labute approximate surface area is 163 Å². The molecule has 0 saturated heterocycles. The molecule has 2 N–H and O–H groups in total. The number of amides is 3. The summed E-state index contributed by atoms with van der Waals surface area (Å²) in [6.07, 6.45) is 4.30. The quantitative estimate of drug-likeness (QED) is 0.850. The van der Waals surface area contributed by atoms with Crippen molar-refractivity contribution in [1.29, 1.82) is 0 Å². The number of nitrogens with zero attached hydrogens (tertiary/aromatic N) is 1. The maximum absolute atomic E-state index is 13.4. The lowest BCUT2D eigenvalue weighted by Gasteiger charge is -2.36. The van der Waals surface area contributed by atoms with E-state index in [0.717, 1.165) is 44.2 Å². The van der Waals surface area contributed by atoms with Crippen LogP contribution in [-0.4, -0.2) is 28.9 Å². The Morgan fingerprint density at radius 2 is 1.89 bits per heavy atom. The van der Waals surface area contributed by atoms with Gasteiger partial charge in [-0.1, -0.05) is 43.2 Å². The van der Waals surface area contributed by atoms with Crippen molar-refractivity contribution >= 4 is 23.3 Å². The van der Waals surface area contributed by atoms with Crippen LogP contribution in [0.5, 0.6) is 0 Å². The van der Waals surface area contributed by atoms with Crippen LogP contribution in [0.3, 0.4) is 0 Å². The first-order valence-corrected chi connectivity index (χ1v) is 10.5. The maximum Gasteiger partial charge on any atom is 0.315 e. The zero-order valence-corrected chi connectivity index (χ0v) is 16.2. The molecule has 0 spiro atoms. The summed E-state index contributed by atoms with van der Waals surface area (Å²) in [5.74, 6) is 0.0757. The lowest BCUT2D eigenvalue weighted by molar-refractivity contribution is -0.138. The standard InChI is InChI=1S/C21H25N3O2S/c25-19(24-12-8-18-17(15-24)9-13-27-18)21(10-4-5-11-21)23-20(26)22-14-16-6-2-1-3-7-16/h1-3,6-7,9,13H,4-5,8,10-12,14-15H2,(H2,22,23,26). The Hall–Kier alpha value is -2.34. The van der Waals surface area contributed by atoms with Crippen molar-refractivity contribution in [3.05, 3.63) is 57.8 Å². The van der Waals surface area contributed by atoms with Crippen molar-refractivity contribution in [2.75, 3.05) is 6.54 Å². The average molecular weight is 384 g/mol. The van der Waals surface area contributed by atoms with Gasteiger partial charge in [0.2, 0.25) is 5.91 Å². The molecular formula is C21H25N3O2S. The highest BCUT2D eigenvalue weighted by Gasteiger charge is 2.45. The van der Waals surface area contributed by atoms with E-state index in [9.17, 15) is 9.59 Å². The molecular weight excluding hydrogens is 358 g/mol. The van der Waals surface area contributed by atoms with Crippen molar-refractivity contribution in [2.45, 2.75) is 50.7 Å². The summed E-state index contributed by atoms with van der Waals surface area (Å²) in [5.41, 5.74) is 1.54. The molecule has 3 amide bonds. The van der Waals surface area contributed by atoms with Crippen molar-refractivity contribution in [3.63, 3.8) is 0 Å². The third-order valence-corrected chi connectivity index (χ3v) is 6.63. The molecule has 1 saturated carbocycles. The second-order valence-corrected chi connectivity index (χ2v) is 8.43. The SMILES string of the molecule is O=C(NCc1ccccc1)NC1(C(=O)N2CCc3sccc3C2)CCCC1. The van der Waals surface area contributed by atoms with Gasteiger partial charge in [0.25, 0.3) is 0 Å². The molecule has 1 aliphatic carbocycles. The predicted octanol–water partition coefficient (Wildman–Crippen LogP) is 3.45. The first-order valence-electron chi connectivity index (χ1n) is 9.61. The van der Waals surface area contributed by atoms with E-state index in [-0.39, 0.29) is 11.9 Å². The van der Waals surface area contributed by atoms with Crippen LogP contribution in [0.15, 0.2) is 41.8 Å². The molecule has 2 heterocycles. The van der Waals surface area contributed by atoms with E-state index in [1.54, 1.807) is 11.3 Å². The summed E-state index contributed by atoms with van der Waals surface area (Å²) in [6, 6.07) is 11.7. The lowest BCUT2D eigenvalue weighted by atomic mass is 9.94. The van der Waals surface area contributed by atoms with Gasteiger partial charge in [-0.05, 0) is 41.8 Å². The first kappa shape index (κ1) is 18.0. The minimum absolute atomic E-state index is 0.0757. The second kappa shape index (κ2) is 7.72. The number of urea groups is 1. The van der Waals surface area contributed by atoms with Gasteiger partial charge in [-0.2, -0.15) is 0 Å². The lowest BCUT2D eigenvalue weighted by Crippen LogP contribution is -2.60. The Balaban J connectivity index is 1.41. The molecule has 5 nitrogen and oxygen atoms in total. The third kappa shape index (κ3) is 3.86. The number of hydrogen-bond donors (Lipinski definition) is 2. The number of nitrogens with one attached hydrogen (secondary N) is 2. The van der Waals surface area contributed by atoms with Gasteiger partial charge in [-0.25, -0.2) is 4.79 Å². The van der Waals surface area contributed by atoms with Gasteiger partial charge in [0.15, 0.2) is 0 Å². The summed E-state index contributed by atoms with van der Waals surface area (Å²) in [5, 5.41) is 8.04. The van der Waals surface area contributed by atoms with E-state index in [1.165, 1.54) is 10.4 Å². The van der Waals surface area contributed by atoms with E-state index in [1.807, 2.05) is 35.2 Å². The van der Waals surface area contributed by atoms with E-state index in [2.05, 4.69) is 22.1 Å². The molecule has 1 aromatic heterocycles. The molecule has 27 heavy (non-hydrogen) atoms. The summed E-state index contributed by atoms with van der Waals surface area (Å²) in [4.78, 5) is 29.2. The van der Waals surface area contributed by atoms with Gasteiger partial charge in [-0.3, -0.25) is 4.79 Å². The van der Waals surface area contributed by atoms with Gasteiger partial charge >= 0.3 is 6.03 Å². The Kier molecular flexibility index (Phi) is 5.16. The molecule has 0 radical (unpaired) electrons. The molecule has 4 rings (SSSR count). The number of carbonyl (C=O) groups excluding carboxylic acids is 2. The zero-order chi connectivity index (χ0) is 18.7. The molecule has 0 atom stereocenters. The van der Waals surface area contributed by atoms with Crippen LogP contribution in [0.25, 0.3) is 0 Å². The minimum atomic E-state index is -0.756. The van der Waals surface area contributed by atoms with Crippen LogP contribution in [0.4, 0.5) is 4.79 Å². The highest BCUT2D eigenvalue weighted by Crippen LogP contribution is 2.34. The number of carbonyl (C=O) groups is 2. The largest absolute Gasteiger partial charge is 0.336 e. The predicted molar refractivity (Wildman–Crippen MR) is 106 cm³/mol. The first-order chi connectivity index (χ1) is 13.2. The van der Waals surface area contributed by atoms with Crippen molar-refractivity contribution < 1.29 is 9.59 Å². The fourth-order valence-electron chi connectivity index (χ4n) is 4.14. The van der Waals surface area contributed by atoms with E-state index in [0.29, 0.717) is 13.1 Å². The molecule has 2 aliphatic rings. The monoisotopic (exact) mass is 383 g/mol. The average Bonchev–Trinajstić information content (AvgIpc) is 3.36. The van der Waals surface area contributed by atoms with E-state index < -0.39 is 5.54 Å². The van der Waals surface area contributed by atoms with Crippen molar-refractivity contribution in [2.24, 2.45) is 0 Å². The zero-order valence-electron chi connectivity index (χ0n) is 15.4. The smallest absolute Gasteiger partial charge is 0.315 e. The van der Waals surface area contributed by atoms with Crippen LogP contribution in [0.2, 0.25) is 0 Å². The summed E-state index contributed by atoms with van der Waals surface area (Å²) in [7, 11) is 0. The van der Waals surface area contributed by atoms with Gasteiger partial charge in [0.05, 0.1) is 0 Å². The Morgan fingerprint density at radius 1 is 1.11 bits per heavy atom. The van der Waals surface area contributed by atoms with E-state index >= 15 is 0 Å². The molecule has 1 fully saturated rings. The van der Waals surface area contributed by atoms with Crippen LogP contribution < -0.4 is 10.6 Å². The Bertz CT molecular complexity index is 812. The topological polar surface area (TPSA) is 61.4 Å². The van der Waals surface area contributed by atoms with E-state index in [4.69, 9.17) is 0 Å². The normalized spacial score (nSPS) is 18.0. The van der Waals surface area contributed by atoms with Crippen LogP contribution >= 0.6 is 11.3 Å². The Morgan fingerprint density at radius 3 is 2.67 bits per heavy atom. The molecule has 142 valence electrons. The molecule has 6 heteroatoms. The van der Waals surface area contributed by atoms with Gasteiger partial charge in [0, 0.05) is 24.5 Å². The van der Waals surface area contributed by atoms with Crippen LogP contribution in [0.1, 0.15) is 41.7 Å². The number of fused-ring (bicyclic) bond motifs is 1. The van der Waals surface area contributed by atoms with Gasteiger partial charge in [-0.15, -0.1) is 11.3 Å². The van der Waals surface area contributed by atoms with Crippen LogP contribution in [-0.2, 0) is 24.3 Å². The molecule has 1 aromatic carbocycles. The molecule has 0 bridgehead atoms. The van der Waals surface area contributed by atoms with Gasteiger partial charge < -0.3 is 15.5 Å². The summed E-state index contributed by atoms with van der Waals surface area (Å²) in [6.45, 7) is 1.85. The molecule has 2 aromatic rings. The fraction of sp³-hybridized carbons (Fsp3) is 0.429. The minimum Gasteiger partial charge on any atom is -0.336 e. The highest BCUT2D eigenvalue weighted by molar-refractivity contribution is 7.10. The number of rotatable bonds is 4. The highest BCUT2D eigenvalue weighted by atomic mass is 32.1. The third-order valence-electron chi connectivity index (χ3n) is 5.61. The van der Waals surface area contributed by atoms with Crippen LogP contribution in [0, 0.1) is 0 Å². The molecule has 0 unspecified atom stereocenters. The number of thiophene rings is 1. The fourth-order valence-corrected chi connectivity index (χ4v) is 5.02.